The van der Waals surface area contributed by atoms with Crippen LogP contribution in [0.3, 0.4) is 0 Å². The molecule has 0 bridgehead atoms. The van der Waals surface area contributed by atoms with Gasteiger partial charge in [0.25, 0.3) is 10.0 Å². The van der Waals surface area contributed by atoms with E-state index in [0.717, 1.165) is 29.1 Å². The lowest BCUT2D eigenvalue weighted by molar-refractivity contribution is 0.203. The van der Waals surface area contributed by atoms with Gasteiger partial charge >= 0.3 is 5.76 Å². The van der Waals surface area contributed by atoms with Gasteiger partial charge in [-0.3, -0.25) is 4.99 Å². The standard InChI is InChI=1S/C15H28F2N4O2S2/c1-15(2)11-20(8-9-24-15)14(18-3)19-10-12-4-6-21(7-5-12)25(22,23)13(16)17/h12-13H,4-11H2,1-3H3,(H,18,19). The first kappa shape index (κ1) is 20.7. The molecule has 2 aliphatic heterocycles. The van der Waals surface area contributed by atoms with Gasteiger partial charge in [-0.1, -0.05) is 0 Å². The van der Waals surface area contributed by atoms with Crippen molar-refractivity contribution in [3.8, 4) is 0 Å². The number of hydrogen-bond donors (Lipinski definition) is 1. The molecule has 0 saturated carbocycles. The maximum atomic E-state index is 12.6. The van der Waals surface area contributed by atoms with Crippen LogP contribution >= 0.6 is 11.8 Å². The maximum Gasteiger partial charge on any atom is 0.350 e. The van der Waals surface area contributed by atoms with Gasteiger partial charge in [-0.05, 0) is 32.6 Å². The van der Waals surface area contributed by atoms with Crippen LogP contribution in [0.2, 0.25) is 0 Å². The molecule has 0 aliphatic carbocycles. The molecule has 2 heterocycles. The molecule has 1 N–H and O–H groups in total. The van der Waals surface area contributed by atoms with E-state index in [4.69, 9.17) is 0 Å². The van der Waals surface area contributed by atoms with E-state index < -0.39 is 15.8 Å². The average molecular weight is 399 g/mol. The summed E-state index contributed by atoms with van der Waals surface area (Å²) in [5.41, 5.74) is 0. The normalized spacial score (nSPS) is 23.9. The SMILES string of the molecule is CN=C(NCC1CCN(S(=O)(=O)C(F)F)CC1)N1CCSC(C)(C)C1. The minimum atomic E-state index is -4.44. The number of thioether (sulfide) groups is 1. The number of rotatable bonds is 4. The molecule has 25 heavy (non-hydrogen) atoms. The van der Waals surface area contributed by atoms with Crippen molar-refractivity contribution in [3.63, 3.8) is 0 Å². The minimum absolute atomic E-state index is 0.158. The van der Waals surface area contributed by atoms with Crippen molar-refractivity contribution in [2.45, 2.75) is 37.2 Å². The van der Waals surface area contributed by atoms with Gasteiger partial charge in [0.15, 0.2) is 5.96 Å². The van der Waals surface area contributed by atoms with Crippen molar-refractivity contribution in [3.05, 3.63) is 0 Å². The number of alkyl halides is 2. The number of nitrogens with zero attached hydrogens (tertiary/aromatic N) is 3. The first-order valence-electron chi connectivity index (χ1n) is 8.52. The predicted molar refractivity (Wildman–Crippen MR) is 98.7 cm³/mol. The second-order valence-electron chi connectivity index (χ2n) is 7.11. The highest BCUT2D eigenvalue weighted by Crippen LogP contribution is 2.29. The lowest BCUT2D eigenvalue weighted by atomic mass is 9.98. The molecular weight excluding hydrogens is 370 g/mol. The largest absolute Gasteiger partial charge is 0.356 e. The van der Waals surface area contributed by atoms with Gasteiger partial charge in [0.2, 0.25) is 0 Å². The summed E-state index contributed by atoms with van der Waals surface area (Å²) in [7, 11) is -2.69. The summed E-state index contributed by atoms with van der Waals surface area (Å²) in [5.74, 6) is -1.16. The summed E-state index contributed by atoms with van der Waals surface area (Å²) in [5, 5.41) is 3.37. The molecular formula is C15H28F2N4O2S2. The number of halogens is 2. The summed E-state index contributed by atoms with van der Waals surface area (Å²) in [4.78, 5) is 6.60. The summed E-state index contributed by atoms with van der Waals surface area (Å²) in [6.45, 7) is 7.29. The van der Waals surface area contributed by atoms with Crippen molar-refractivity contribution in [1.29, 1.82) is 0 Å². The maximum absolute atomic E-state index is 12.6. The molecule has 0 spiro atoms. The molecule has 0 unspecified atom stereocenters. The molecule has 2 saturated heterocycles. The number of sulfonamides is 1. The summed E-state index contributed by atoms with van der Waals surface area (Å²) in [6.07, 6.45) is 1.16. The topological polar surface area (TPSA) is 65.0 Å². The molecule has 0 aromatic carbocycles. The Hall–Kier alpha value is -0.610. The number of piperidine rings is 1. The van der Waals surface area contributed by atoms with Crippen LogP contribution in [-0.4, -0.2) is 79.6 Å². The van der Waals surface area contributed by atoms with Gasteiger partial charge in [0.05, 0.1) is 0 Å². The van der Waals surface area contributed by atoms with Crippen molar-refractivity contribution >= 4 is 27.7 Å². The van der Waals surface area contributed by atoms with Gasteiger partial charge in [0.1, 0.15) is 0 Å². The molecule has 0 atom stereocenters. The number of hydrogen-bond acceptors (Lipinski definition) is 4. The predicted octanol–water partition coefficient (Wildman–Crippen LogP) is 1.65. The van der Waals surface area contributed by atoms with Crippen molar-refractivity contribution in [2.24, 2.45) is 10.9 Å². The van der Waals surface area contributed by atoms with Crippen LogP contribution in [0.1, 0.15) is 26.7 Å². The fraction of sp³-hybridized carbons (Fsp3) is 0.933. The van der Waals surface area contributed by atoms with E-state index in [1.165, 1.54) is 0 Å². The van der Waals surface area contributed by atoms with Gasteiger partial charge in [-0.25, -0.2) is 8.42 Å². The van der Waals surface area contributed by atoms with Gasteiger partial charge in [-0.15, -0.1) is 0 Å². The molecule has 2 fully saturated rings. The number of nitrogens with one attached hydrogen (secondary N) is 1. The van der Waals surface area contributed by atoms with E-state index in [-0.39, 0.29) is 23.8 Å². The first-order chi connectivity index (χ1) is 11.7. The van der Waals surface area contributed by atoms with Crippen LogP contribution in [0, 0.1) is 5.92 Å². The lowest BCUT2D eigenvalue weighted by Crippen LogP contribution is -2.52. The van der Waals surface area contributed by atoms with E-state index in [1.807, 2.05) is 11.8 Å². The highest BCUT2D eigenvalue weighted by molar-refractivity contribution is 8.00. The Balaban J connectivity index is 1.82. The second kappa shape index (κ2) is 8.39. The third-order valence-electron chi connectivity index (χ3n) is 4.64. The Labute approximate surface area is 153 Å². The molecule has 0 aromatic rings. The fourth-order valence-corrected chi connectivity index (χ4v) is 5.30. The molecule has 146 valence electrons. The van der Waals surface area contributed by atoms with Crippen molar-refractivity contribution < 1.29 is 17.2 Å². The molecule has 2 rings (SSSR count). The number of guanidine groups is 1. The van der Waals surface area contributed by atoms with Crippen LogP contribution in [-0.2, 0) is 10.0 Å². The summed E-state index contributed by atoms with van der Waals surface area (Å²) < 4.78 is 49.3. The van der Waals surface area contributed by atoms with E-state index in [1.54, 1.807) is 7.05 Å². The molecule has 0 aromatic heterocycles. The van der Waals surface area contributed by atoms with Crippen molar-refractivity contribution in [1.82, 2.24) is 14.5 Å². The highest BCUT2D eigenvalue weighted by atomic mass is 32.2. The van der Waals surface area contributed by atoms with E-state index in [2.05, 4.69) is 29.1 Å². The average Bonchev–Trinajstić information content (AvgIpc) is 2.55. The van der Waals surface area contributed by atoms with E-state index in [0.29, 0.717) is 19.4 Å². The minimum Gasteiger partial charge on any atom is -0.356 e. The second-order valence-corrected chi connectivity index (χ2v) is 10.8. The Morgan fingerprint density at radius 1 is 1.32 bits per heavy atom. The molecule has 0 amide bonds. The van der Waals surface area contributed by atoms with Crippen LogP contribution in [0.25, 0.3) is 0 Å². The Morgan fingerprint density at radius 2 is 1.96 bits per heavy atom. The highest BCUT2D eigenvalue weighted by Gasteiger charge is 2.35. The Bertz CT molecular complexity index is 576. The van der Waals surface area contributed by atoms with Crippen molar-refractivity contribution in [2.75, 3.05) is 45.5 Å². The van der Waals surface area contributed by atoms with Crippen LogP contribution in [0.4, 0.5) is 8.78 Å². The molecule has 6 nitrogen and oxygen atoms in total. The lowest BCUT2D eigenvalue weighted by Gasteiger charge is -2.39. The zero-order valence-electron chi connectivity index (χ0n) is 15.0. The first-order valence-corrected chi connectivity index (χ1v) is 11.0. The smallest absolute Gasteiger partial charge is 0.350 e. The quantitative estimate of drug-likeness (QED) is 0.576. The Morgan fingerprint density at radius 3 is 2.48 bits per heavy atom. The van der Waals surface area contributed by atoms with Gasteiger partial charge in [0, 0.05) is 50.3 Å². The van der Waals surface area contributed by atoms with E-state index in [9.17, 15) is 17.2 Å². The van der Waals surface area contributed by atoms with Crippen LogP contribution < -0.4 is 5.32 Å². The number of aliphatic imine (C=N–C) groups is 1. The summed E-state index contributed by atoms with van der Waals surface area (Å²) >= 11 is 1.95. The van der Waals surface area contributed by atoms with E-state index >= 15 is 0 Å². The van der Waals surface area contributed by atoms with Crippen LogP contribution in [0.15, 0.2) is 4.99 Å². The third kappa shape index (κ3) is 5.43. The summed E-state index contributed by atoms with van der Waals surface area (Å²) in [6, 6.07) is 0. The zero-order valence-corrected chi connectivity index (χ0v) is 16.7. The zero-order chi connectivity index (χ0) is 18.7. The Kier molecular flexibility index (Phi) is 6.94. The molecule has 10 heteroatoms. The fourth-order valence-electron chi connectivity index (χ4n) is 3.25. The van der Waals surface area contributed by atoms with Gasteiger partial charge < -0.3 is 10.2 Å². The molecule has 2 aliphatic rings. The third-order valence-corrected chi connectivity index (χ3v) is 7.48. The van der Waals surface area contributed by atoms with Gasteiger partial charge in [-0.2, -0.15) is 24.8 Å². The van der Waals surface area contributed by atoms with Crippen LogP contribution in [0.5, 0.6) is 0 Å². The molecule has 0 radical (unpaired) electrons. The monoisotopic (exact) mass is 398 g/mol.